The average Bonchev–Trinajstić information content (AvgIpc) is 2.76. The van der Waals surface area contributed by atoms with Crippen LogP contribution in [-0.2, 0) is 11.3 Å². The highest BCUT2D eigenvalue weighted by Crippen LogP contribution is 2.04. The Kier molecular flexibility index (Phi) is 6.49. The number of hydrogen-bond acceptors (Lipinski definition) is 5. The van der Waals surface area contributed by atoms with Crippen molar-refractivity contribution in [3.05, 3.63) is 11.6 Å². The third kappa shape index (κ3) is 4.31. The van der Waals surface area contributed by atoms with E-state index in [9.17, 15) is 4.79 Å². The molecular weight excluding hydrogens is 244 g/mol. The van der Waals surface area contributed by atoms with Crippen molar-refractivity contribution in [2.24, 2.45) is 0 Å². The minimum atomic E-state index is -0.401. The Morgan fingerprint density at radius 2 is 2.00 bits per heavy atom. The minimum Gasteiger partial charge on any atom is -0.460 e. The number of aromatic nitrogens is 3. The van der Waals surface area contributed by atoms with Gasteiger partial charge in [0.05, 0.1) is 6.61 Å². The molecule has 1 rings (SSSR count). The molecule has 0 unspecified atom stereocenters. The summed E-state index contributed by atoms with van der Waals surface area (Å²) in [5.41, 5.74) is 0. The summed E-state index contributed by atoms with van der Waals surface area (Å²) < 4.78 is 6.82. The molecule has 1 heterocycles. The summed E-state index contributed by atoms with van der Waals surface area (Å²) in [5, 5.41) is 7.87. The Balaban J connectivity index is 2.71. The summed E-state index contributed by atoms with van der Waals surface area (Å²) >= 11 is 0. The molecule has 0 bridgehead atoms. The molecule has 19 heavy (non-hydrogen) atoms. The van der Waals surface area contributed by atoms with Gasteiger partial charge in [-0.2, -0.15) is 0 Å². The van der Waals surface area contributed by atoms with Gasteiger partial charge < -0.3 is 14.2 Å². The Hall–Kier alpha value is -1.43. The molecule has 0 fully saturated rings. The lowest BCUT2D eigenvalue weighted by atomic mass is 10.4. The minimum absolute atomic E-state index is 0.298. The second-order valence-corrected chi connectivity index (χ2v) is 4.38. The lowest BCUT2D eigenvalue weighted by Gasteiger charge is -2.20. The van der Waals surface area contributed by atoms with Crippen LogP contribution in [-0.4, -0.2) is 51.9 Å². The Bertz CT molecular complexity index is 403. The van der Waals surface area contributed by atoms with Crippen LogP contribution in [0.5, 0.6) is 0 Å². The van der Waals surface area contributed by atoms with E-state index in [4.69, 9.17) is 4.74 Å². The van der Waals surface area contributed by atoms with Crippen molar-refractivity contribution in [3.8, 4) is 0 Å². The van der Waals surface area contributed by atoms with Gasteiger partial charge in [-0.25, -0.2) is 4.79 Å². The summed E-state index contributed by atoms with van der Waals surface area (Å²) in [4.78, 5) is 14.1. The fourth-order valence-electron chi connectivity index (χ4n) is 1.98. The Morgan fingerprint density at radius 3 is 2.58 bits per heavy atom. The number of carbonyl (C=O) groups excluding carboxylic acids is 1. The van der Waals surface area contributed by atoms with Gasteiger partial charge in [-0.1, -0.05) is 13.8 Å². The lowest BCUT2D eigenvalue weighted by molar-refractivity contribution is 0.0504. The standard InChI is InChI=1S/C13H24N4O2/c1-5-8-16(6-2)9-10-17-11(4)14-15-12(17)13(18)19-7-3/h5-10H2,1-4H3. The van der Waals surface area contributed by atoms with Gasteiger partial charge in [0.2, 0.25) is 5.82 Å². The van der Waals surface area contributed by atoms with Crippen molar-refractivity contribution in [2.45, 2.75) is 40.7 Å². The van der Waals surface area contributed by atoms with E-state index in [-0.39, 0.29) is 0 Å². The van der Waals surface area contributed by atoms with Gasteiger partial charge in [0.1, 0.15) is 5.82 Å². The maximum Gasteiger partial charge on any atom is 0.376 e. The average molecular weight is 268 g/mol. The van der Waals surface area contributed by atoms with Crippen LogP contribution in [0.15, 0.2) is 0 Å². The van der Waals surface area contributed by atoms with E-state index in [0.29, 0.717) is 19.0 Å². The number of esters is 1. The van der Waals surface area contributed by atoms with Gasteiger partial charge in [-0.05, 0) is 33.4 Å². The Labute approximate surface area is 114 Å². The monoisotopic (exact) mass is 268 g/mol. The van der Waals surface area contributed by atoms with Crippen LogP contribution in [0.1, 0.15) is 43.6 Å². The molecule has 0 aromatic carbocycles. The highest BCUT2D eigenvalue weighted by molar-refractivity contribution is 5.85. The fraction of sp³-hybridized carbons (Fsp3) is 0.769. The summed E-state index contributed by atoms with van der Waals surface area (Å²) in [6, 6.07) is 0. The summed E-state index contributed by atoms with van der Waals surface area (Å²) in [6.45, 7) is 11.9. The number of carbonyl (C=O) groups is 1. The number of likely N-dealkylation sites (N-methyl/N-ethyl adjacent to an activating group) is 1. The van der Waals surface area contributed by atoms with Crippen molar-refractivity contribution >= 4 is 5.97 Å². The zero-order valence-corrected chi connectivity index (χ0v) is 12.3. The van der Waals surface area contributed by atoms with Crippen LogP contribution in [0.2, 0.25) is 0 Å². The SMILES string of the molecule is CCCN(CC)CCn1c(C)nnc1C(=O)OCC. The van der Waals surface area contributed by atoms with Crippen LogP contribution in [0.4, 0.5) is 0 Å². The van der Waals surface area contributed by atoms with E-state index in [1.54, 1.807) is 6.92 Å². The van der Waals surface area contributed by atoms with E-state index < -0.39 is 5.97 Å². The molecule has 108 valence electrons. The van der Waals surface area contributed by atoms with E-state index >= 15 is 0 Å². The summed E-state index contributed by atoms with van der Waals surface area (Å²) in [7, 11) is 0. The lowest BCUT2D eigenvalue weighted by Crippen LogP contribution is -2.29. The number of hydrogen-bond donors (Lipinski definition) is 0. The number of ether oxygens (including phenoxy) is 1. The van der Waals surface area contributed by atoms with Gasteiger partial charge >= 0.3 is 5.97 Å². The first-order chi connectivity index (χ1) is 9.13. The molecule has 1 aromatic heterocycles. The van der Waals surface area contributed by atoms with Gasteiger partial charge in [-0.3, -0.25) is 0 Å². The molecular formula is C13H24N4O2. The molecule has 1 aromatic rings. The third-order valence-corrected chi connectivity index (χ3v) is 3.02. The first kappa shape index (κ1) is 15.6. The molecule has 0 aliphatic carbocycles. The maximum atomic E-state index is 11.8. The van der Waals surface area contributed by atoms with Gasteiger partial charge in [0.25, 0.3) is 0 Å². The van der Waals surface area contributed by atoms with E-state index in [1.165, 1.54) is 0 Å². The van der Waals surface area contributed by atoms with Gasteiger partial charge in [0.15, 0.2) is 0 Å². The quantitative estimate of drug-likeness (QED) is 0.669. The van der Waals surface area contributed by atoms with Crippen molar-refractivity contribution in [1.29, 1.82) is 0 Å². The first-order valence-corrected chi connectivity index (χ1v) is 6.93. The number of rotatable bonds is 8. The largest absolute Gasteiger partial charge is 0.460 e. The molecule has 0 spiro atoms. The predicted octanol–water partition coefficient (Wildman–Crippen LogP) is 1.50. The van der Waals surface area contributed by atoms with E-state index in [2.05, 4.69) is 28.9 Å². The highest BCUT2D eigenvalue weighted by Gasteiger charge is 2.18. The van der Waals surface area contributed by atoms with Crippen molar-refractivity contribution in [2.75, 3.05) is 26.2 Å². The van der Waals surface area contributed by atoms with Crippen molar-refractivity contribution in [1.82, 2.24) is 19.7 Å². The second kappa shape index (κ2) is 7.89. The maximum absolute atomic E-state index is 11.8. The van der Waals surface area contributed by atoms with E-state index in [1.807, 2.05) is 11.5 Å². The zero-order valence-electron chi connectivity index (χ0n) is 12.3. The molecule has 0 amide bonds. The van der Waals surface area contributed by atoms with Crippen LogP contribution in [0.3, 0.4) is 0 Å². The zero-order chi connectivity index (χ0) is 14.3. The molecule has 6 heteroatoms. The highest BCUT2D eigenvalue weighted by atomic mass is 16.5. The number of aryl methyl sites for hydroxylation is 1. The normalized spacial score (nSPS) is 11.0. The molecule has 0 atom stereocenters. The van der Waals surface area contributed by atoms with E-state index in [0.717, 1.165) is 31.9 Å². The van der Waals surface area contributed by atoms with Gasteiger partial charge in [0, 0.05) is 13.1 Å². The van der Waals surface area contributed by atoms with Crippen molar-refractivity contribution < 1.29 is 9.53 Å². The first-order valence-electron chi connectivity index (χ1n) is 6.93. The molecule has 0 saturated heterocycles. The molecule has 0 saturated carbocycles. The second-order valence-electron chi connectivity index (χ2n) is 4.38. The number of nitrogens with zero attached hydrogens (tertiary/aromatic N) is 4. The summed E-state index contributed by atoms with van der Waals surface area (Å²) in [6.07, 6.45) is 1.12. The molecule has 0 aliphatic heterocycles. The van der Waals surface area contributed by atoms with Gasteiger partial charge in [-0.15, -0.1) is 10.2 Å². The fourth-order valence-corrected chi connectivity index (χ4v) is 1.98. The Morgan fingerprint density at radius 1 is 1.26 bits per heavy atom. The smallest absolute Gasteiger partial charge is 0.376 e. The molecule has 0 aliphatic rings. The topological polar surface area (TPSA) is 60.2 Å². The van der Waals surface area contributed by atoms with Crippen LogP contribution in [0, 0.1) is 6.92 Å². The molecule has 6 nitrogen and oxygen atoms in total. The van der Waals surface area contributed by atoms with Crippen LogP contribution < -0.4 is 0 Å². The van der Waals surface area contributed by atoms with Crippen LogP contribution >= 0.6 is 0 Å². The molecule has 0 N–H and O–H groups in total. The van der Waals surface area contributed by atoms with Crippen molar-refractivity contribution in [3.63, 3.8) is 0 Å². The molecule has 0 radical (unpaired) electrons. The van der Waals surface area contributed by atoms with Crippen LogP contribution in [0.25, 0.3) is 0 Å². The predicted molar refractivity (Wildman–Crippen MR) is 73.1 cm³/mol. The summed E-state index contributed by atoms with van der Waals surface area (Å²) in [5.74, 6) is 0.643. The third-order valence-electron chi connectivity index (χ3n) is 3.02.